The number of benzene rings is 1. The topological polar surface area (TPSA) is 26.3 Å². The second-order valence-corrected chi connectivity index (χ2v) is 3.50. The standard InChI is InChI=1S/C11H8ClF3O2/c1-17-9-5-7(2-3-10(12)16)4-8(6-9)11(13,14)15/h2-6H,1H3. The Labute approximate surface area is 101 Å². The zero-order chi connectivity index (χ0) is 13.1. The molecule has 0 bridgehead atoms. The molecule has 1 rings (SSSR count). The van der Waals surface area contributed by atoms with Crippen LogP contribution in [0.25, 0.3) is 6.08 Å². The van der Waals surface area contributed by atoms with Crippen molar-refractivity contribution in [3.05, 3.63) is 35.4 Å². The minimum absolute atomic E-state index is 0.0569. The molecule has 1 aromatic carbocycles. The lowest BCUT2D eigenvalue weighted by atomic mass is 10.1. The van der Waals surface area contributed by atoms with E-state index in [0.717, 1.165) is 18.2 Å². The third kappa shape index (κ3) is 4.11. The molecule has 0 atom stereocenters. The summed E-state index contributed by atoms with van der Waals surface area (Å²) in [6.45, 7) is 0. The van der Waals surface area contributed by atoms with Gasteiger partial charge in [0.2, 0.25) is 5.24 Å². The number of carbonyl (C=O) groups is 1. The molecule has 92 valence electrons. The molecule has 0 amide bonds. The van der Waals surface area contributed by atoms with Gasteiger partial charge < -0.3 is 4.74 Å². The third-order valence-corrected chi connectivity index (χ3v) is 2.02. The largest absolute Gasteiger partial charge is 0.497 e. The molecular formula is C11H8ClF3O2. The van der Waals surface area contributed by atoms with Gasteiger partial charge in [0.05, 0.1) is 12.7 Å². The summed E-state index contributed by atoms with van der Waals surface area (Å²) >= 11 is 5.05. The molecule has 0 heterocycles. The van der Waals surface area contributed by atoms with Crippen LogP contribution >= 0.6 is 11.6 Å². The highest BCUT2D eigenvalue weighted by molar-refractivity contribution is 6.66. The highest BCUT2D eigenvalue weighted by atomic mass is 35.5. The molecule has 17 heavy (non-hydrogen) atoms. The molecule has 1 aromatic rings. The molecule has 6 heteroatoms. The summed E-state index contributed by atoms with van der Waals surface area (Å²) in [6.07, 6.45) is -2.31. The van der Waals surface area contributed by atoms with E-state index in [0.29, 0.717) is 0 Å². The molecule has 2 nitrogen and oxygen atoms in total. The van der Waals surface area contributed by atoms with Crippen LogP contribution in [-0.4, -0.2) is 12.4 Å². The van der Waals surface area contributed by atoms with Crippen molar-refractivity contribution in [2.75, 3.05) is 7.11 Å². The average Bonchev–Trinajstić information content (AvgIpc) is 2.24. The van der Waals surface area contributed by atoms with Crippen molar-refractivity contribution in [1.82, 2.24) is 0 Å². The molecule has 0 saturated heterocycles. The number of allylic oxidation sites excluding steroid dienone is 1. The molecule has 0 N–H and O–H groups in total. The first-order valence-corrected chi connectivity index (χ1v) is 4.84. The zero-order valence-corrected chi connectivity index (χ0v) is 9.47. The van der Waals surface area contributed by atoms with Crippen LogP contribution in [0.1, 0.15) is 11.1 Å². The number of hydrogen-bond donors (Lipinski definition) is 0. The highest BCUT2D eigenvalue weighted by Crippen LogP contribution is 2.32. The maximum absolute atomic E-state index is 12.5. The number of carbonyl (C=O) groups excluding carboxylic acids is 1. The van der Waals surface area contributed by atoms with Crippen LogP contribution in [0.15, 0.2) is 24.3 Å². The monoisotopic (exact) mass is 264 g/mol. The third-order valence-electron chi connectivity index (χ3n) is 1.90. The highest BCUT2D eigenvalue weighted by Gasteiger charge is 2.31. The van der Waals surface area contributed by atoms with Crippen molar-refractivity contribution in [1.29, 1.82) is 0 Å². The molecule has 0 saturated carbocycles. The fourth-order valence-electron chi connectivity index (χ4n) is 1.16. The lowest BCUT2D eigenvalue weighted by molar-refractivity contribution is -0.137. The summed E-state index contributed by atoms with van der Waals surface area (Å²) < 4.78 is 42.3. The van der Waals surface area contributed by atoms with Crippen molar-refractivity contribution in [3.8, 4) is 5.75 Å². The Balaban J connectivity index is 3.19. The van der Waals surface area contributed by atoms with E-state index in [9.17, 15) is 18.0 Å². The second-order valence-electron chi connectivity index (χ2n) is 3.13. The van der Waals surface area contributed by atoms with Crippen LogP contribution in [0.4, 0.5) is 13.2 Å². The van der Waals surface area contributed by atoms with Gasteiger partial charge in [-0.3, -0.25) is 4.79 Å². The number of hydrogen-bond acceptors (Lipinski definition) is 2. The Morgan fingerprint density at radius 3 is 2.47 bits per heavy atom. The number of alkyl halides is 3. The lowest BCUT2D eigenvalue weighted by Gasteiger charge is -2.09. The summed E-state index contributed by atoms with van der Waals surface area (Å²) in [4.78, 5) is 10.5. The second kappa shape index (κ2) is 5.23. The molecule has 0 fully saturated rings. The molecule has 0 spiro atoms. The Morgan fingerprint density at radius 1 is 1.35 bits per heavy atom. The number of ether oxygens (including phenoxy) is 1. The van der Waals surface area contributed by atoms with E-state index >= 15 is 0 Å². The van der Waals surface area contributed by atoms with Crippen LogP contribution in [0.5, 0.6) is 5.75 Å². The first-order chi connectivity index (χ1) is 7.82. The van der Waals surface area contributed by atoms with Crippen molar-refractivity contribution < 1.29 is 22.7 Å². The molecule has 0 aliphatic carbocycles. The van der Waals surface area contributed by atoms with Gasteiger partial charge in [-0.15, -0.1) is 0 Å². The van der Waals surface area contributed by atoms with Crippen molar-refractivity contribution in [3.63, 3.8) is 0 Å². The van der Waals surface area contributed by atoms with Gasteiger partial charge >= 0.3 is 6.18 Å². The number of halogens is 4. The van der Waals surface area contributed by atoms with E-state index in [1.165, 1.54) is 19.3 Å². The van der Waals surface area contributed by atoms with E-state index < -0.39 is 17.0 Å². The predicted molar refractivity (Wildman–Crippen MR) is 57.9 cm³/mol. The van der Waals surface area contributed by atoms with Crippen molar-refractivity contribution >= 4 is 22.9 Å². The molecule has 0 unspecified atom stereocenters. The van der Waals surface area contributed by atoms with E-state index in [4.69, 9.17) is 16.3 Å². The zero-order valence-electron chi connectivity index (χ0n) is 8.72. The van der Waals surface area contributed by atoms with E-state index in [1.807, 2.05) is 0 Å². The van der Waals surface area contributed by atoms with Gasteiger partial charge in [0.15, 0.2) is 0 Å². The van der Waals surface area contributed by atoms with Gasteiger partial charge in [-0.25, -0.2) is 0 Å². The minimum atomic E-state index is -4.47. The quantitative estimate of drug-likeness (QED) is 0.617. The van der Waals surface area contributed by atoms with E-state index in [-0.39, 0.29) is 11.3 Å². The number of methoxy groups -OCH3 is 1. The summed E-state index contributed by atoms with van der Waals surface area (Å²) in [7, 11) is 1.26. The van der Waals surface area contributed by atoms with Crippen molar-refractivity contribution in [2.24, 2.45) is 0 Å². The molecule has 0 aliphatic heterocycles. The Kier molecular flexibility index (Phi) is 4.17. The molecule has 0 aromatic heterocycles. The maximum Gasteiger partial charge on any atom is 0.416 e. The van der Waals surface area contributed by atoms with Crippen LogP contribution in [-0.2, 0) is 11.0 Å². The predicted octanol–water partition coefficient (Wildman–Crippen LogP) is 3.49. The fraction of sp³-hybridized carbons (Fsp3) is 0.182. The fourth-order valence-corrected chi connectivity index (χ4v) is 1.22. The summed E-state index contributed by atoms with van der Waals surface area (Å²) in [5.41, 5.74) is -0.663. The SMILES string of the molecule is COc1cc(C=CC(=O)Cl)cc(C(F)(F)F)c1. The van der Waals surface area contributed by atoms with E-state index in [1.54, 1.807) is 0 Å². The maximum atomic E-state index is 12.5. The Hall–Kier alpha value is -1.49. The van der Waals surface area contributed by atoms with Crippen molar-refractivity contribution in [2.45, 2.75) is 6.18 Å². The van der Waals surface area contributed by atoms with Gasteiger partial charge in [0, 0.05) is 0 Å². The van der Waals surface area contributed by atoms with Gasteiger partial charge in [0.1, 0.15) is 5.75 Å². The summed E-state index contributed by atoms with van der Waals surface area (Å²) in [5.74, 6) is 0.0569. The smallest absolute Gasteiger partial charge is 0.416 e. The van der Waals surface area contributed by atoms with Gasteiger partial charge in [-0.1, -0.05) is 6.08 Å². The first kappa shape index (κ1) is 13.6. The lowest BCUT2D eigenvalue weighted by Crippen LogP contribution is -2.05. The van der Waals surface area contributed by atoms with E-state index in [2.05, 4.69) is 0 Å². The first-order valence-electron chi connectivity index (χ1n) is 4.47. The minimum Gasteiger partial charge on any atom is -0.497 e. The van der Waals surface area contributed by atoms with Crippen LogP contribution in [0.3, 0.4) is 0 Å². The normalized spacial score (nSPS) is 11.8. The summed E-state index contributed by atoms with van der Waals surface area (Å²) in [6, 6.07) is 3.14. The van der Waals surface area contributed by atoms with Gasteiger partial charge in [-0.05, 0) is 41.4 Å². The number of rotatable bonds is 3. The Bertz CT molecular complexity index is 453. The van der Waals surface area contributed by atoms with Gasteiger partial charge in [-0.2, -0.15) is 13.2 Å². The van der Waals surface area contributed by atoms with Crippen LogP contribution < -0.4 is 4.74 Å². The Morgan fingerprint density at radius 2 is 2.00 bits per heavy atom. The molecular weight excluding hydrogens is 257 g/mol. The average molecular weight is 265 g/mol. The van der Waals surface area contributed by atoms with Crippen LogP contribution in [0.2, 0.25) is 0 Å². The molecule has 0 radical (unpaired) electrons. The molecule has 0 aliphatic rings. The van der Waals surface area contributed by atoms with Crippen LogP contribution in [0, 0.1) is 0 Å². The van der Waals surface area contributed by atoms with Gasteiger partial charge in [0.25, 0.3) is 0 Å². The summed E-state index contributed by atoms with van der Waals surface area (Å²) in [5, 5.41) is -0.763.